The van der Waals surface area contributed by atoms with Crippen LogP contribution < -0.4 is 0 Å². The van der Waals surface area contributed by atoms with E-state index in [2.05, 4.69) is 6.92 Å². The smallest absolute Gasteiger partial charge is 0.225 e. The van der Waals surface area contributed by atoms with Crippen LogP contribution in [0.1, 0.15) is 52.4 Å². The first-order valence-electron chi connectivity index (χ1n) is 6.62. The zero-order chi connectivity index (χ0) is 12.0. The lowest BCUT2D eigenvalue weighted by atomic mass is 10.00. The summed E-state index contributed by atoms with van der Waals surface area (Å²) in [4.78, 5) is 14.0. The summed E-state index contributed by atoms with van der Waals surface area (Å²) in [5.41, 5.74) is 0. The number of aliphatic hydroxyl groups excluding tert-OH is 1. The molecule has 3 nitrogen and oxygen atoms in total. The number of likely N-dealkylation sites (tertiary alicyclic amines) is 1. The van der Waals surface area contributed by atoms with E-state index in [0.717, 1.165) is 38.8 Å². The van der Waals surface area contributed by atoms with E-state index in [1.807, 2.05) is 11.8 Å². The molecule has 3 heteroatoms. The summed E-state index contributed by atoms with van der Waals surface area (Å²) in [6, 6.07) is 0. The van der Waals surface area contributed by atoms with Gasteiger partial charge in [0.1, 0.15) is 0 Å². The Balaban J connectivity index is 2.27. The number of hydrogen-bond acceptors (Lipinski definition) is 2. The van der Waals surface area contributed by atoms with Crippen LogP contribution in [0.15, 0.2) is 0 Å². The SMILES string of the molecule is CCCCCC(C)C(=O)N1CCC(O)CC1. The number of unbranched alkanes of at least 4 members (excludes halogenated alkanes) is 2. The fourth-order valence-electron chi connectivity index (χ4n) is 2.22. The van der Waals surface area contributed by atoms with Gasteiger partial charge in [-0.1, -0.05) is 33.1 Å². The van der Waals surface area contributed by atoms with E-state index in [1.54, 1.807) is 0 Å². The molecule has 0 saturated carbocycles. The monoisotopic (exact) mass is 227 g/mol. The van der Waals surface area contributed by atoms with Crippen LogP contribution >= 0.6 is 0 Å². The average molecular weight is 227 g/mol. The first kappa shape index (κ1) is 13.5. The van der Waals surface area contributed by atoms with Crippen LogP contribution in [0.25, 0.3) is 0 Å². The Kier molecular flexibility index (Phi) is 5.81. The Morgan fingerprint density at radius 3 is 2.56 bits per heavy atom. The van der Waals surface area contributed by atoms with E-state index in [-0.39, 0.29) is 17.9 Å². The molecule has 1 saturated heterocycles. The van der Waals surface area contributed by atoms with E-state index in [0.29, 0.717) is 0 Å². The van der Waals surface area contributed by atoms with Gasteiger partial charge in [-0.3, -0.25) is 4.79 Å². The largest absolute Gasteiger partial charge is 0.393 e. The second-order valence-electron chi connectivity index (χ2n) is 4.95. The number of hydrogen-bond donors (Lipinski definition) is 1. The molecule has 16 heavy (non-hydrogen) atoms. The minimum Gasteiger partial charge on any atom is -0.393 e. The second kappa shape index (κ2) is 6.89. The van der Waals surface area contributed by atoms with E-state index in [4.69, 9.17) is 0 Å². The van der Waals surface area contributed by atoms with Gasteiger partial charge in [0.25, 0.3) is 0 Å². The van der Waals surface area contributed by atoms with Crippen molar-refractivity contribution in [3.63, 3.8) is 0 Å². The van der Waals surface area contributed by atoms with Crippen molar-refractivity contribution in [3.8, 4) is 0 Å². The van der Waals surface area contributed by atoms with Crippen molar-refractivity contribution in [1.29, 1.82) is 0 Å². The van der Waals surface area contributed by atoms with Crippen LogP contribution in [0.2, 0.25) is 0 Å². The van der Waals surface area contributed by atoms with Crippen LogP contribution in [0.5, 0.6) is 0 Å². The standard InChI is InChI=1S/C13H25NO2/c1-3-4-5-6-11(2)13(16)14-9-7-12(15)8-10-14/h11-12,15H,3-10H2,1-2H3. The summed E-state index contributed by atoms with van der Waals surface area (Å²) in [6.45, 7) is 5.68. The number of aliphatic hydroxyl groups is 1. The van der Waals surface area contributed by atoms with Gasteiger partial charge in [0, 0.05) is 19.0 Å². The quantitative estimate of drug-likeness (QED) is 0.731. The van der Waals surface area contributed by atoms with Crippen LogP contribution in [0.4, 0.5) is 0 Å². The van der Waals surface area contributed by atoms with E-state index < -0.39 is 0 Å². The molecular weight excluding hydrogens is 202 g/mol. The number of carbonyl (C=O) groups is 1. The Morgan fingerprint density at radius 1 is 1.38 bits per heavy atom. The molecule has 1 rings (SSSR count). The van der Waals surface area contributed by atoms with Gasteiger partial charge >= 0.3 is 0 Å². The molecule has 94 valence electrons. The van der Waals surface area contributed by atoms with Crippen molar-refractivity contribution in [1.82, 2.24) is 4.90 Å². The maximum absolute atomic E-state index is 12.0. The topological polar surface area (TPSA) is 40.5 Å². The van der Waals surface area contributed by atoms with Gasteiger partial charge in [0.15, 0.2) is 0 Å². The zero-order valence-electron chi connectivity index (χ0n) is 10.6. The third kappa shape index (κ3) is 4.12. The number of nitrogens with zero attached hydrogens (tertiary/aromatic N) is 1. The molecular formula is C13H25NO2. The molecule has 1 aliphatic rings. The van der Waals surface area contributed by atoms with Crippen molar-refractivity contribution >= 4 is 5.91 Å². The predicted octanol–water partition coefficient (Wildman–Crippen LogP) is 2.19. The van der Waals surface area contributed by atoms with E-state index in [9.17, 15) is 9.90 Å². The maximum Gasteiger partial charge on any atom is 0.225 e. The number of carbonyl (C=O) groups excluding carboxylic acids is 1. The average Bonchev–Trinajstić information content (AvgIpc) is 2.29. The lowest BCUT2D eigenvalue weighted by Gasteiger charge is -2.31. The number of piperidine rings is 1. The summed E-state index contributed by atoms with van der Waals surface area (Å²) in [7, 11) is 0. The summed E-state index contributed by atoms with van der Waals surface area (Å²) in [5.74, 6) is 0.435. The maximum atomic E-state index is 12.0. The second-order valence-corrected chi connectivity index (χ2v) is 4.95. The lowest BCUT2D eigenvalue weighted by Crippen LogP contribution is -2.42. The normalized spacial score (nSPS) is 19.8. The summed E-state index contributed by atoms with van der Waals surface area (Å²) >= 11 is 0. The molecule has 0 aromatic carbocycles. The highest BCUT2D eigenvalue weighted by Gasteiger charge is 2.24. The summed E-state index contributed by atoms with van der Waals surface area (Å²) in [6.07, 6.45) is 5.87. The Morgan fingerprint density at radius 2 is 2.00 bits per heavy atom. The zero-order valence-corrected chi connectivity index (χ0v) is 10.6. The first-order chi connectivity index (χ1) is 7.65. The molecule has 1 aliphatic heterocycles. The highest BCUT2D eigenvalue weighted by Crippen LogP contribution is 2.16. The van der Waals surface area contributed by atoms with Crippen molar-refractivity contribution in [3.05, 3.63) is 0 Å². The molecule has 1 N–H and O–H groups in total. The summed E-state index contributed by atoms with van der Waals surface area (Å²) in [5, 5.41) is 9.38. The van der Waals surface area contributed by atoms with Crippen molar-refractivity contribution in [2.45, 2.75) is 58.5 Å². The fourth-order valence-corrected chi connectivity index (χ4v) is 2.22. The molecule has 1 unspecified atom stereocenters. The molecule has 0 aliphatic carbocycles. The molecule has 0 aromatic rings. The lowest BCUT2D eigenvalue weighted by molar-refractivity contribution is -0.137. The van der Waals surface area contributed by atoms with Crippen LogP contribution in [0, 0.1) is 5.92 Å². The fraction of sp³-hybridized carbons (Fsp3) is 0.923. The Hall–Kier alpha value is -0.570. The third-order valence-corrected chi connectivity index (χ3v) is 3.44. The molecule has 0 bridgehead atoms. The Bertz CT molecular complexity index is 210. The van der Waals surface area contributed by atoms with Gasteiger partial charge < -0.3 is 10.0 Å². The van der Waals surface area contributed by atoms with Gasteiger partial charge in [-0.15, -0.1) is 0 Å². The first-order valence-corrected chi connectivity index (χ1v) is 6.62. The number of amides is 1. The third-order valence-electron chi connectivity index (χ3n) is 3.44. The predicted molar refractivity (Wildman–Crippen MR) is 65.1 cm³/mol. The van der Waals surface area contributed by atoms with Crippen LogP contribution in [-0.2, 0) is 4.79 Å². The van der Waals surface area contributed by atoms with Crippen LogP contribution in [0.3, 0.4) is 0 Å². The summed E-state index contributed by atoms with van der Waals surface area (Å²) < 4.78 is 0. The highest BCUT2D eigenvalue weighted by atomic mass is 16.3. The Labute approximate surface area is 98.8 Å². The molecule has 1 atom stereocenters. The molecule has 0 radical (unpaired) electrons. The van der Waals surface area contributed by atoms with Crippen molar-refractivity contribution in [2.24, 2.45) is 5.92 Å². The molecule has 1 amide bonds. The van der Waals surface area contributed by atoms with Crippen LogP contribution in [-0.4, -0.2) is 35.1 Å². The van der Waals surface area contributed by atoms with Gasteiger partial charge in [0.2, 0.25) is 5.91 Å². The minimum absolute atomic E-state index is 0.154. The van der Waals surface area contributed by atoms with Crippen molar-refractivity contribution in [2.75, 3.05) is 13.1 Å². The van der Waals surface area contributed by atoms with E-state index in [1.165, 1.54) is 12.8 Å². The van der Waals surface area contributed by atoms with Gasteiger partial charge in [0.05, 0.1) is 6.10 Å². The number of rotatable bonds is 5. The van der Waals surface area contributed by atoms with E-state index >= 15 is 0 Å². The van der Waals surface area contributed by atoms with Crippen molar-refractivity contribution < 1.29 is 9.90 Å². The molecule has 0 aromatic heterocycles. The molecule has 1 fully saturated rings. The molecule has 0 spiro atoms. The van der Waals surface area contributed by atoms with Gasteiger partial charge in [-0.2, -0.15) is 0 Å². The molecule has 1 heterocycles. The highest BCUT2D eigenvalue weighted by molar-refractivity contribution is 5.78. The minimum atomic E-state index is -0.195. The van der Waals surface area contributed by atoms with Gasteiger partial charge in [-0.05, 0) is 19.3 Å². The van der Waals surface area contributed by atoms with Gasteiger partial charge in [-0.25, -0.2) is 0 Å².